The zero-order valence-electron chi connectivity index (χ0n) is 14.9. The quantitative estimate of drug-likeness (QED) is 0.398. The van der Waals surface area contributed by atoms with E-state index in [1.807, 2.05) is 0 Å². The summed E-state index contributed by atoms with van der Waals surface area (Å²) in [5.74, 6) is 0.306. The van der Waals surface area contributed by atoms with E-state index >= 15 is 0 Å². The number of fused-ring (bicyclic) bond motifs is 6. The molecule has 6 rings (SSSR count). The topological polar surface area (TPSA) is 0 Å². The van der Waals surface area contributed by atoms with Crippen LogP contribution in [0.1, 0.15) is 22.6 Å². The minimum absolute atomic E-state index is 0.306. The molecule has 2 aliphatic carbocycles. The van der Waals surface area contributed by atoms with Crippen LogP contribution in [0.2, 0.25) is 0 Å². The average Bonchev–Trinajstić information content (AvgIpc) is 3.26. The van der Waals surface area contributed by atoms with Crippen LogP contribution in [0.3, 0.4) is 0 Å². The van der Waals surface area contributed by atoms with Gasteiger partial charge in [0.2, 0.25) is 0 Å². The third-order valence-electron chi connectivity index (χ3n) is 5.92. The zero-order valence-corrected chi connectivity index (χ0v) is 14.9. The zero-order chi connectivity index (χ0) is 17.8. The molecule has 4 aromatic rings. The molecule has 0 spiro atoms. The Morgan fingerprint density at radius 1 is 0.519 bits per heavy atom. The summed E-state index contributed by atoms with van der Waals surface area (Å²) < 4.78 is 0. The molecule has 0 N–H and O–H groups in total. The molecule has 126 valence electrons. The van der Waals surface area contributed by atoms with Crippen LogP contribution in [0.15, 0.2) is 91.0 Å². The Kier molecular flexibility index (Phi) is 3.04. The molecule has 0 nitrogen and oxygen atoms in total. The van der Waals surface area contributed by atoms with Crippen LogP contribution in [0.25, 0.3) is 34.4 Å². The van der Waals surface area contributed by atoms with Gasteiger partial charge in [-0.3, -0.25) is 0 Å². The van der Waals surface area contributed by atoms with Crippen molar-refractivity contribution in [2.45, 2.75) is 5.92 Å². The van der Waals surface area contributed by atoms with Gasteiger partial charge in [-0.15, -0.1) is 0 Å². The van der Waals surface area contributed by atoms with Crippen molar-refractivity contribution in [3.63, 3.8) is 0 Å². The predicted octanol–water partition coefficient (Wildman–Crippen LogP) is 5.09. The number of benzene rings is 4. The third kappa shape index (κ3) is 2.10. The Morgan fingerprint density at radius 3 is 1.85 bits per heavy atom. The molecule has 0 heteroatoms. The number of hydrogen-bond acceptors (Lipinski definition) is 0. The first-order valence-corrected chi connectivity index (χ1v) is 9.50. The first-order chi connectivity index (χ1) is 13.4. The van der Waals surface area contributed by atoms with Gasteiger partial charge in [-0.05, 0) is 55.5 Å². The average molecular weight is 342 g/mol. The highest BCUT2D eigenvalue weighted by Crippen LogP contribution is 2.45. The Morgan fingerprint density at radius 2 is 1.11 bits per heavy atom. The standard InChI is InChI=1S/C27H18/c1-2-10-20-18(8-1)16-26-19(9-7-15-21(20)26)17-27-24-13-5-3-11-22(24)23-12-4-6-14-25(23)27/h1-17,27H. The molecule has 0 atom stereocenters. The van der Waals surface area contributed by atoms with E-state index in [9.17, 15) is 0 Å². The Hall–Kier alpha value is -3.38. The summed E-state index contributed by atoms with van der Waals surface area (Å²) in [6.07, 6.45) is 4.79. The summed E-state index contributed by atoms with van der Waals surface area (Å²) in [4.78, 5) is 0. The molecule has 0 amide bonds. The molecule has 0 aliphatic heterocycles. The molecule has 0 bridgehead atoms. The Labute approximate surface area is 158 Å². The largest absolute Gasteiger partial charge is 0.0647 e. The van der Waals surface area contributed by atoms with Gasteiger partial charge in [0.15, 0.2) is 0 Å². The van der Waals surface area contributed by atoms with E-state index in [0.717, 1.165) is 0 Å². The molecule has 0 fully saturated rings. The van der Waals surface area contributed by atoms with E-state index in [2.05, 4.69) is 103 Å². The minimum atomic E-state index is 0.306. The molecule has 0 radical (unpaired) electrons. The first-order valence-electron chi connectivity index (χ1n) is 9.50. The van der Waals surface area contributed by atoms with Gasteiger partial charge >= 0.3 is 0 Å². The van der Waals surface area contributed by atoms with Gasteiger partial charge in [-0.1, -0.05) is 97.1 Å². The van der Waals surface area contributed by atoms with Gasteiger partial charge in [0.1, 0.15) is 0 Å². The normalized spacial score (nSPS) is 14.3. The summed E-state index contributed by atoms with van der Waals surface area (Å²) in [5.41, 5.74) is 9.57. The fourth-order valence-electron chi connectivity index (χ4n) is 4.70. The van der Waals surface area contributed by atoms with Crippen molar-refractivity contribution in [1.29, 1.82) is 0 Å². The van der Waals surface area contributed by atoms with Crippen molar-refractivity contribution in [2.75, 3.05) is 0 Å². The van der Waals surface area contributed by atoms with Crippen molar-refractivity contribution in [3.05, 3.63) is 118 Å². The van der Waals surface area contributed by atoms with E-state index in [4.69, 9.17) is 0 Å². The van der Waals surface area contributed by atoms with E-state index in [1.54, 1.807) is 0 Å². The van der Waals surface area contributed by atoms with Crippen molar-refractivity contribution >= 4 is 12.2 Å². The molecule has 0 aromatic heterocycles. The molecule has 27 heavy (non-hydrogen) atoms. The molecule has 2 aliphatic rings. The Bertz CT molecular complexity index is 1280. The molecule has 0 heterocycles. The smallest absolute Gasteiger partial charge is 0.0290 e. The second-order valence-corrected chi connectivity index (χ2v) is 7.36. The van der Waals surface area contributed by atoms with Crippen LogP contribution in [-0.2, 0) is 0 Å². The van der Waals surface area contributed by atoms with Crippen LogP contribution in [0.5, 0.6) is 0 Å². The van der Waals surface area contributed by atoms with E-state index in [1.165, 1.54) is 49.4 Å². The van der Waals surface area contributed by atoms with Crippen LogP contribution < -0.4 is 10.4 Å². The maximum atomic E-state index is 2.45. The van der Waals surface area contributed by atoms with E-state index in [-0.39, 0.29) is 0 Å². The SMILES string of the molecule is C(=c1cccc2c1=Cc1ccccc1-2)C1c2ccccc2-c2ccccc21. The highest BCUT2D eigenvalue weighted by molar-refractivity contribution is 5.84. The Balaban J connectivity index is 1.62. The van der Waals surface area contributed by atoms with Crippen molar-refractivity contribution < 1.29 is 0 Å². The summed E-state index contributed by atoms with van der Waals surface area (Å²) in [6, 6.07) is 33.0. The van der Waals surface area contributed by atoms with E-state index in [0.29, 0.717) is 5.92 Å². The maximum Gasteiger partial charge on any atom is 0.0290 e. The minimum Gasteiger partial charge on any atom is -0.0647 e. The molecule has 0 unspecified atom stereocenters. The van der Waals surface area contributed by atoms with Gasteiger partial charge < -0.3 is 0 Å². The van der Waals surface area contributed by atoms with Crippen LogP contribution in [0, 0.1) is 0 Å². The molecule has 0 saturated carbocycles. The van der Waals surface area contributed by atoms with Gasteiger partial charge in [0, 0.05) is 5.92 Å². The number of hydrogen-bond donors (Lipinski definition) is 0. The maximum absolute atomic E-state index is 2.45. The van der Waals surface area contributed by atoms with Gasteiger partial charge in [0.25, 0.3) is 0 Å². The lowest BCUT2D eigenvalue weighted by molar-refractivity contribution is 1.12. The molecule has 4 aromatic carbocycles. The van der Waals surface area contributed by atoms with Crippen molar-refractivity contribution in [1.82, 2.24) is 0 Å². The second-order valence-electron chi connectivity index (χ2n) is 7.36. The van der Waals surface area contributed by atoms with Crippen molar-refractivity contribution in [2.24, 2.45) is 0 Å². The van der Waals surface area contributed by atoms with Crippen molar-refractivity contribution in [3.8, 4) is 22.3 Å². The van der Waals surface area contributed by atoms with Gasteiger partial charge in [-0.2, -0.15) is 0 Å². The third-order valence-corrected chi connectivity index (χ3v) is 5.92. The van der Waals surface area contributed by atoms with Gasteiger partial charge in [-0.25, -0.2) is 0 Å². The lowest BCUT2D eigenvalue weighted by atomic mass is 9.95. The summed E-state index contributed by atoms with van der Waals surface area (Å²) in [7, 11) is 0. The summed E-state index contributed by atoms with van der Waals surface area (Å²) in [6.45, 7) is 0. The highest BCUT2D eigenvalue weighted by Gasteiger charge is 2.26. The molecular formula is C27H18. The fourth-order valence-corrected chi connectivity index (χ4v) is 4.70. The summed E-state index contributed by atoms with van der Waals surface area (Å²) in [5, 5.41) is 2.67. The van der Waals surface area contributed by atoms with Crippen LogP contribution in [0.4, 0.5) is 0 Å². The van der Waals surface area contributed by atoms with Crippen LogP contribution in [-0.4, -0.2) is 0 Å². The predicted molar refractivity (Wildman–Crippen MR) is 113 cm³/mol. The van der Waals surface area contributed by atoms with E-state index < -0.39 is 0 Å². The molecule has 0 saturated heterocycles. The monoisotopic (exact) mass is 342 g/mol. The summed E-state index contributed by atoms with van der Waals surface area (Å²) >= 11 is 0. The highest BCUT2D eigenvalue weighted by atomic mass is 14.3. The lowest BCUT2D eigenvalue weighted by Crippen LogP contribution is -2.25. The molecular weight excluding hydrogens is 324 g/mol. The number of rotatable bonds is 1. The second kappa shape index (κ2) is 5.56. The lowest BCUT2D eigenvalue weighted by Gasteiger charge is -2.08. The fraction of sp³-hybridized carbons (Fsp3) is 0.0370. The van der Waals surface area contributed by atoms with Crippen LogP contribution >= 0.6 is 0 Å². The van der Waals surface area contributed by atoms with Gasteiger partial charge in [0.05, 0.1) is 0 Å². The first kappa shape index (κ1) is 14.8.